The van der Waals surface area contributed by atoms with Gasteiger partial charge < -0.3 is 9.88 Å². The Bertz CT molecular complexity index is 979. The van der Waals surface area contributed by atoms with Crippen LogP contribution in [0.25, 0.3) is 23.2 Å². The lowest BCUT2D eigenvalue weighted by atomic mass is 9.98. The topological polar surface area (TPSA) is 29.9 Å². The molecule has 3 heteroatoms. The number of nitrogens with one attached hydrogen (secondary N) is 1. The Hall–Kier alpha value is -2.39. The molecular formula is C22H23N3. The normalized spacial score (nSPS) is 22.0. The van der Waals surface area contributed by atoms with Crippen LogP contribution in [0.15, 0.2) is 36.5 Å². The fourth-order valence-corrected chi connectivity index (χ4v) is 4.45. The van der Waals surface area contributed by atoms with Crippen molar-refractivity contribution in [2.75, 3.05) is 0 Å². The molecule has 126 valence electrons. The lowest BCUT2D eigenvalue weighted by Gasteiger charge is -2.23. The predicted octanol–water partition coefficient (Wildman–Crippen LogP) is 4.63. The standard InChI is InChI=1S/C22H23N3/c1-14-3-8-20-18(11-14)22-19-7-6-17(24-19)12-21(22)25(20)10-9-16-5-4-15(2)23-13-16/h3-5,8-11,13,17,19,24H,6-7,12H2,1-2H3/b10-9-/t17-,19+/m1/s1. The Morgan fingerprint density at radius 1 is 1.16 bits per heavy atom. The number of rotatable bonds is 2. The number of aromatic nitrogens is 2. The first kappa shape index (κ1) is 14.9. The molecule has 0 saturated carbocycles. The Balaban J connectivity index is 1.67. The Morgan fingerprint density at radius 3 is 2.92 bits per heavy atom. The zero-order valence-electron chi connectivity index (χ0n) is 14.8. The van der Waals surface area contributed by atoms with Crippen LogP contribution in [0.3, 0.4) is 0 Å². The van der Waals surface area contributed by atoms with Crippen molar-refractivity contribution >= 4 is 23.2 Å². The highest BCUT2D eigenvalue weighted by molar-refractivity contribution is 5.90. The summed E-state index contributed by atoms with van der Waals surface area (Å²) in [6.45, 7) is 4.21. The second-order valence-electron chi connectivity index (χ2n) is 7.50. The summed E-state index contributed by atoms with van der Waals surface area (Å²) in [5.74, 6) is 0. The molecule has 2 aliphatic heterocycles. The molecule has 5 rings (SSSR count). The van der Waals surface area contributed by atoms with Crippen LogP contribution >= 0.6 is 0 Å². The molecule has 1 fully saturated rings. The molecule has 2 aliphatic rings. The van der Waals surface area contributed by atoms with Gasteiger partial charge in [0.15, 0.2) is 0 Å². The summed E-state index contributed by atoms with van der Waals surface area (Å²) in [6, 6.07) is 12.2. The summed E-state index contributed by atoms with van der Waals surface area (Å²) in [6.07, 6.45) is 10.0. The van der Waals surface area contributed by atoms with Crippen LogP contribution in [0.5, 0.6) is 0 Å². The summed E-state index contributed by atoms with van der Waals surface area (Å²) in [5, 5.41) is 5.22. The predicted molar refractivity (Wildman–Crippen MR) is 103 cm³/mol. The van der Waals surface area contributed by atoms with Crippen molar-refractivity contribution in [3.63, 3.8) is 0 Å². The minimum absolute atomic E-state index is 0.522. The highest BCUT2D eigenvalue weighted by atomic mass is 15.1. The first-order valence-electron chi connectivity index (χ1n) is 9.19. The SMILES string of the molecule is Cc1ccc2c(c1)c1c(n2/C=C\c2ccc(C)nc2)C[C@H]2CC[C@@H]1N2. The molecule has 0 amide bonds. The van der Waals surface area contributed by atoms with E-state index in [1.54, 1.807) is 0 Å². The monoisotopic (exact) mass is 329 g/mol. The van der Waals surface area contributed by atoms with E-state index in [4.69, 9.17) is 0 Å². The third-order valence-corrected chi connectivity index (χ3v) is 5.68. The van der Waals surface area contributed by atoms with Crippen LogP contribution in [-0.4, -0.2) is 15.6 Å². The highest BCUT2D eigenvalue weighted by Gasteiger charge is 2.35. The summed E-state index contributed by atoms with van der Waals surface area (Å²) < 4.78 is 2.41. The van der Waals surface area contributed by atoms with Gasteiger partial charge in [-0.3, -0.25) is 4.98 Å². The van der Waals surface area contributed by atoms with Crippen molar-refractivity contribution in [2.45, 2.75) is 45.2 Å². The molecule has 25 heavy (non-hydrogen) atoms. The number of fused-ring (bicyclic) bond motifs is 6. The Kier molecular flexibility index (Phi) is 3.32. The molecule has 3 nitrogen and oxygen atoms in total. The third-order valence-electron chi connectivity index (χ3n) is 5.68. The Labute approximate surface area is 148 Å². The van der Waals surface area contributed by atoms with Gasteiger partial charge in [0, 0.05) is 47.7 Å². The average molecular weight is 329 g/mol. The van der Waals surface area contributed by atoms with E-state index in [1.807, 2.05) is 13.1 Å². The summed E-state index contributed by atoms with van der Waals surface area (Å²) in [5.41, 5.74) is 7.87. The van der Waals surface area contributed by atoms with Crippen LogP contribution in [0.1, 0.15) is 47.0 Å². The minimum atomic E-state index is 0.522. The smallest absolute Gasteiger partial charge is 0.0529 e. The average Bonchev–Trinajstić information content (AvgIpc) is 3.13. The number of hydrogen-bond donors (Lipinski definition) is 1. The van der Waals surface area contributed by atoms with Gasteiger partial charge >= 0.3 is 0 Å². The van der Waals surface area contributed by atoms with Gasteiger partial charge in [-0.1, -0.05) is 17.7 Å². The second kappa shape index (κ2) is 5.57. The van der Waals surface area contributed by atoms with E-state index in [2.05, 4.69) is 64.4 Å². The van der Waals surface area contributed by atoms with E-state index in [1.165, 1.54) is 40.6 Å². The molecule has 0 unspecified atom stereocenters. The largest absolute Gasteiger partial charge is 0.320 e. The van der Waals surface area contributed by atoms with E-state index in [-0.39, 0.29) is 0 Å². The van der Waals surface area contributed by atoms with Gasteiger partial charge in [-0.2, -0.15) is 0 Å². The van der Waals surface area contributed by atoms with Crippen molar-refractivity contribution in [2.24, 2.45) is 0 Å². The number of nitrogens with zero attached hydrogens (tertiary/aromatic N) is 2. The van der Waals surface area contributed by atoms with Crippen LogP contribution in [0.4, 0.5) is 0 Å². The lowest BCUT2D eigenvalue weighted by Crippen LogP contribution is -2.32. The summed E-state index contributed by atoms with van der Waals surface area (Å²) in [7, 11) is 0. The van der Waals surface area contributed by atoms with Gasteiger partial charge in [0.2, 0.25) is 0 Å². The van der Waals surface area contributed by atoms with E-state index >= 15 is 0 Å². The van der Waals surface area contributed by atoms with Crippen molar-refractivity contribution in [3.8, 4) is 0 Å². The third kappa shape index (κ3) is 2.42. The fraction of sp³-hybridized carbons (Fsp3) is 0.318. The molecule has 3 aromatic rings. The van der Waals surface area contributed by atoms with E-state index in [9.17, 15) is 0 Å². The van der Waals surface area contributed by atoms with E-state index < -0.39 is 0 Å². The molecule has 4 heterocycles. The van der Waals surface area contributed by atoms with Gasteiger partial charge in [-0.15, -0.1) is 0 Å². The number of aryl methyl sites for hydroxylation is 2. The van der Waals surface area contributed by atoms with Crippen molar-refractivity contribution < 1.29 is 0 Å². The lowest BCUT2D eigenvalue weighted by molar-refractivity contribution is 0.509. The molecule has 1 aromatic carbocycles. The van der Waals surface area contributed by atoms with Crippen LogP contribution < -0.4 is 5.32 Å². The second-order valence-corrected chi connectivity index (χ2v) is 7.50. The van der Waals surface area contributed by atoms with Gasteiger partial charge in [0.1, 0.15) is 0 Å². The summed E-state index contributed by atoms with van der Waals surface area (Å²) >= 11 is 0. The maximum atomic E-state index is 4.40. The number of benzene rings is 1. The molecular weight excluding hydrogens is 306 g/mol. The molecule has 2 bridgehead atoms. The van der Waals surface area contributed by atoms with Crippen LogP contribution in [0, 0.1) is 13.8 Å². The van der Waals surface area contributed by atoms with Gasteiger partial charge in [-0.05, 0) is 62.1 Å². The highest BCUT2D eigenvalue weighted by Crippen LogP contribution is 2.42. The first-order valence-corrected chi connectivity index (χ1v) is 9.19. The fourth-order valence-electron chi connectivity index (χ4n) is 4.45. The van der Waals surface area contributed by atoms with Crippen LogP contribution in [0.2, 0.25) is 0 Å². The van der Waals surface area contributed by atoms with Gasteiger partial charge in [0.25, 0.3) is 0 Å². The molecule has 1 saturated heterocycles. The van der Waals surface area contributed by atoms with Crippen molar-refractivity contribution in [1.82, 2.24) is 14.9 Å². The molecule has 1 N–H and O–H groups in total. The number of hydrogen-bond acceptors (Lipinski definition) is 2. The maximum absolute atomic E-state index is 4.40. The van der Waals surface area contributed by atoms with Crippen LogP contribution in [-0.2, 0) is 6.42 Å². The zero-order chi connectivity index (χ0) is 17.0. The Morgan fingerprint density at radius 2 is 2.08 bits per heavy atom. The molecule has 2 aromatic heterocycles. The van der Waals surface area contributed by atoms with Crippen molar-refractivity contribution in [3.05, 3.63) is 64.6 Å². The van der Waals surface area contributed by atoms with E-state index in [0.29, 0.717) is 12.1 Å². The van der Waals surface area contributed by atoms with E-state index in [0.717, 1.165) is 17.7 Å². The molecule has 2 atom stereocenters. The first-order chi connectivity index (χ1) is 12.2. The quantitative estimate of drug-likeness (QED) is 0.743. The van der Waals surface area contributed by atoms with Gasteiger partial charge in [0.05, 0.1) is 5.52 Å². The van der Waals surface area contributed by atoms with Gasteiger partial charge in [-0.25, -0.2) is 0 Å². The zero-order valence-corrected chi connectivity index (χ0v) is 14.8. The minimum Gasteiger partial charge on any atom is -0.320 e. The molecule has 0 spiro atoms. The summed E-state index contributed by atoms with van der Waals surface area (Å²) in [4.78, 5) is 4.40. The molecule has 0 aliphatic carbocycles. The van der Waals surface area contributed by atoms with Crippen molar-refractivity contribution in [1.29, 1.82) is 0 Å². The molecule has 0 radical (unpaired) electrons. The maximum Gasteiger partial charge on any atom is 0.0529 e. The number of pyridine rings is 1.